The van der Waals surface area contributed by atoms with Crippen LogP contribution in [0.4, 0.5) is 10.5 Å². The van der Waals surface area contributed by atoms with E-state index in [0.29, 0.717) is 25.1 Å². The molecule has 1 aromatic carbocycles. The smallest absolute Gasteiger partial charge is 0.409 e. The first-order valence-corrected chi connectivity index (χ1v) is 8.75. The highest BCUT2D eigenvalue weighted by Crippen LogP contribution is 2.26. The van der Waals surface area contributed by atoms with Crippen molar-refractivity contribution in [2.24, 2.45) is 0 Å². The Morgan fingerprint density at radius 1 is 1.30 bits per heavy atom. The van der Waals surface area contributed by atoms with Crippen LogP contribution >= 0.6 is 0 Å². The molecule has 7 nitrogen and oxygen atoms in total. The number of fused-ring (bicyclic) bond motifs is 2. The Balaban J connectivity index is 1.62. The van der Waals surface area contributed by atoms with Gasteiger partial charge in [-0.15, -0.1) is 0 Å². The largest absolute Gasteiger partial charge is 0.453 e. The summed E-state index contributed by atoms with van der Waals surface area (Å²) in [4.78, 5) is 33.8. The number of ether oxygens (including phenoxy) is 1. The lowest BCUT2D eigenvalue weighted by Gasteiger charge is -2.28. The number of nitrogens with one attached hydrogen (secondary N) is 2. The number of H-pyrrole nitrogens is 1. The van der Waals surface area contributed by atoms with E-state index in [1.165, 1.54) is 7.11 Å². The van der Waals surface area contributed by atoms with Gasteiger partial charge in [-0.25, -0.2) is 4.79 Å². The molecular formula is C20H20N4O3. The monoisotopic (exact) mass is 364 g/mol. The number of aryl methyl sites for hydroxylation is 1. The Kier molecular flexibility index (Phi) is 4.27. The summed E-state index contributed by atoms with van der Waals surface area (Å²) in [7, 11) is 1.36. The third-order valence-electron chi connectivity index (χ3n) is 4.86. The number of carbonyl (C=O) groups excluding carboxylic acids is 2. The van der Waals surface area contributed by atoms with Gasteiger partial charge in [-0.2, -0.15) is 0 Å². The van der Waals surface area contributed by atoms with Crippen LogP contribution in [0.1, 0.15) is 27.2 Å². The number of benzene rings is 1. The van der Waals surface area contributed by atoms with E-state index in [9.17, 15) is 9.59 Å². The maximum atomic E-state index is 12.9. The zero-order valence-electron chi connectivity index (χ0n) is 15.2. The van der Waals surface area contributed by atoms with Crippen LogP contribution in [0.5, 0.6) is 0 Å². The van der Waals surface area contributed by atoms with Crippen LogP contribution < -0.4 is 5.32 Å². The second-order valence-corrected chi connectivity index (χ2v) is 6.64. The predicted molar refractivity (Wildman–Crippen MR) is 102 cm³/mol. The molecule has 0 radical (unpaired) electrons. The van der Waals surface area contributed by atoms with Crippen LogP contribution in [0.25, 0.3) is 10.9 Å². The minimum Gasteiger partial charge on any atom is -0.453 e. The summed E-state index contributed by atoms with van der Waals surface area (Å²) in [5.41, 5.74) is 5.11. The van der Waals surface area contributed by atoms with Crippen LogP contribution in [0.2, 0.25) is 0 Å². The number of aromatic nitrogens is 2. The van der Waals surface area contributed by atoms with Crippen molar-refractivity contribution in [3.05, 3.63) is 59.0 Å². The molecule has 1 aliphatic rings. The molecule has 0 aliphatic carbocycles. The van der Waals surface area contributed by atoms with Crippen LogP contribution in [0, 0.1) is 6.92 Å². The molecular weight excluding hydrogens is 344 g/mol. The fraction of sp³-hybridized carbons (Fsp3) is 0.250. The molecule has 1 aliphatic heterocycles. The Bertz CT molecular complexity index is 1040. The highest BCUT2D eigenvalue weighted by atomic mass is 16.5. The molecule has 138 valence electrons. The number of hydrogen-bond donors (Lipinski definition) is 2. The zero-order valence-corrected chi connectivity index (χ0v) is 15.2. The molecule has 3 aromatic rings. The Labute approximate surface area is 156 Å². The second-order valence-electron chi connectivity index (χ2n) is 6.64. The van der Waals surface area contributed by atoms with E-state index in [2.05, 4.69) is 15.3 Å². The third-order valence-corrected chi connectivity index (χ3v) is 4.86. The molecule has 0 spiro atoms. The van der Waals surface area contributed by atoms with E-state index in [1.807, 2.05) is 31.2 Å². The maximum Gasteiger partial charge on any atom is 0.409 e. The van der Waals surface area contributed by atoms with Crippen LogP contribution in [-0.2, 0) is 17.7 Å². The molecule has 0 bridgehead atoms. The molecule has 2 amide bonds. The van der Waals surface area contributed by atoms with Gasteiger partial charge in [-0.05, 0) is 42.7 Å². The summed E-state index contributed by atoms with van der Waals surface area (Å²) < 4.78 is 4.79. The SMILES string of the molecule is COC(=O)N1CCc2c(cncc2C(=O)Nc2cccc3[nH]c(C)cc23)C1. The van der Waals surface area contributed by atoms with Crippen LogP contribution in [0.15, 0.2) is 36.7 Å². The maximum absolute atomic E-state index is 12.9. The molecule has 2 aromatic heterocycles. The normalized spacial score (nSPS) is 13.3. The van der Waals surface area contributed by atoms with E-state index < -0.39 is 0 Å². The topological polar surface area (TPSA) is 87.3 Å². The first-order valence-electron chi connectivity index (χ1n) is 8.75. The number of pyridine rings is 1. The van der Waals surface area contributed by atoms with Gasteiger partial charge in [0.25, 0.3) is 5.91 Å². The third kappa shape index (κ3) is 3.12. The molecule has 2 N–H and O–H groups in total. The minimum atomic E-state index is -0.370. The van der Waals surface area contributed by atoms with Gasteiger partial charge in [0.15, 0.2) is 0 Å². The van der Waals surface area contributed by atoms with E-state index in [-0.39, 0.29) is 12.0 Å². The molecule has 0 unspecified atom stereocenters. The molecule has 0 atom stereocenters. The Morgan fingerprint density at radius 2 is 2.15 bits per heavy atom. The van der Waals surface area contributed by atoms with Gasteiger partial charge in [0, 0.05) is 35.5 Å². The minimum absolute atomic E-state index is 0.197. The number of anilines is 1. The molecule has 0 fully saturated rings. The van der Waals surface area contributed by atoms with Crippen molar-refractivity contribution in [3.8, 4) is 0 Å². The summed E-state index contributed by atoms with van der Waals surface area (Å²) >= 11 is 0. The standard InChI is InChI=1S/C20H20N4O3/c1-12-8-15-17(22-12)4-3-5-18(15)23-19(25)16-10-21-9-13-11-24(20(26)27-2)7-6-14(13)16/h3-5,8-10,22H,6-7,11H2,1-2H3,(H,23,25). The van der Waals surface area contributed by atoms with Crippen molar-refractivity contribution in [2.75, 3.05) is 19.0 Å². The first kappa shape index (κ1) is 17.1. The van der Waals surface area contributed by atoms with Crippen LogP contribution in [-0.4, -0.2) is 40.5 Å². The highest BCUT2D eigenvalue weighted by Gasteiger charge is 2.25. The van der Waals surface area contributed by atoms with Gasteiger partial charge in [-0.3, -0.25) is 9.78 Å². The van der Waals surface area contributed by atoms with Gasteiger partial charge < -0.3 is 19.9 Å². The van der Waals surface area contributed by atoms with Crippen molar-refractivity contribution < 1.29 is 14.3 Å². The molecule has 0 saturated heterocycles. The average molecular weight is 364 g/mol. The molecule has 0 saturated carbocycles. The molecule has 27 heavy (non-hydrogen) atoms. The molecule has 4 rings (SSSR count). The van der Waals surface area contributed by atoms with Crippen molar-refractivity contribution in [1.29, 1.82) is 0 Å². The van der Waals surface area contributed by atoms with Gasteiger partial charge in [-0.1, -0.05) is 6.07 Å². The molecule has 7 heteroatoms. The summed E-state index contributed by atoms with van der Waals surface area (Å²) in [6.45, 7) is 2.88. The number of amides is 2. The first-order chi connectivity index (χ1) is 13.1. The molecule has 3 heterocycles. The van der Waals surface area contributed by atoms with Crippen molar-refractivity contribution in [1.82, 2.24) is 14.9 Å². The fourth-order valence-electron chi connectivity index (χ4n) is 3.57. The average Bonchev–Trinajstić information content (AvgIpc) is 3.07. The summed E-state index contributed by atoms with van der Waals surface area (Å²) in [5.74, 6) is -0.197. The quantitative estimate of drug-likeness (QED) is 0.731. The Morgan fingerprint density at radius 3 is 2.96 bits per heavy atom. The van der Waals surface area contributed by atoms with Crippen LogP contribution in [0.3, 0.4) is 0 Å². The predicted octanol–water partition coefficient (Wildman–Crippen LogP) is 3.25. The van der Waals surface area contributed by atoms with Gasteiger partial charge >= 0.3 is 6.09 Å². The summed E-state index contributed by atoms with van der Waals surface area (Å²) in [6.07, 6.45) is 3.51. The van der Waals surface area contributed by atoms with Crippen molar-refractivity contribution in [2.45, 2.75) is 19.9 Å². The number of hydrogen-bond acceptors (Lipinski definition) is 4. The lowest BCUT2D eigenvalue weighted by Crippen LogP contribution is -2.36. The Hall–Kier alpha value is -3.35. The number of methoxy groups -OCH3 is 1. The highest BCUT2D eigenvalue weighted by molar-refractivity contribution is 6.09. The zero-order chi connectivity index (χ0) is 19.0. The van der Waals surface area contributed by atoms with E-state index in [0.717, 1.165) is 33.4 Å². The lowest BCUT2D eigenvalue weighted by molar-refractivity contribution is 0.102. The van der Waals surface area contributed by atoms with Crippen molar-refractivity contribution >= 4 is 28.6 Å². The number of rotatable bonds is 2. The second kappa shape index (κ2) is 6.75. The number of aromatic amines is 1. The van der Waals surface area contributed by atoms with Gasteiger partial charge in [0.2, 0.25) is 0 Å². The van der Waals surface area contributed by atoms with Gasteiger partial charge in [0.1, 0.15) is 0 Å². The summed E-state index contributed by atoms with van der Waals surface area (Å²) in [6, 6.07) is 7.78. The van der Waals surface area contributed by atoms with E-state index in [1.54, 1.807) is 17.3 Å². The van der Waals surface area contributed by atoms with Crippen molar-refractivity contribution in [3.63, 3.8) is 0 Å². The number of nitrogens with zero attached hydrogens (tertiary/aromatic N) is 2. The lowest BCUT2D eigenvalue weighted by atomic mass is 9.97. The van der Waals surface area contributed by atoms with E-state index in [4.69, 9.17) is 4.74 Å². The van der Waals surface area contributed by atoms with Gasteiger partial charge in [0.05, 0.1) is 24.9 Å². The number of carbonyl (C=O) groups is 2. The fourth-order valence-corrected chi connectivity index (χ4v) is 3.57. The van der Waals surface area contributed by atoms with E-state index >= 15 is 0 Å². The summed E-state index contributed by atoms with van der Waals surface area (Å²) in [5, 5.41) is 3.98.